The van der Waals surface area contributed by atoms with Crippen LogP contribution in [0.3, 0.4) is 0 Å². The third-order valence-corrected chi connectivity index (χ3v) is 7.77. The molecule has 1 aliphatic heterocycles. The van der Waals surface area contributed by atoms with Gasteiger partial charge in [-0.15, -0.1) is 0 Å². The van der Waals surface area contributed by atoms with E-state index in [4.69, 9.17) is 9.47 Å². The Balaban J connectivity index is 1.36. The number of esters is 1. The van der Waals surface area contributed by atoms with E-state index >= 15 is 0 Å². The van der Waals surface area contributed by atoms with Gasteiger partial charge >= 0.3 is 5.97 Å². The first-order valence-electron chi connectivity index (χ1n) is 11.6. The van der Waals surface area contributed by atoms with Crippen molar-refractivity contribution in [2.45, 2.75) is 45.1 Å². The van der Waals surface area contributed by atoms with Crippen molar-refractivity contribution < 1.29 is 14.3 Å². The van der Waals surface area contributed by atoms with Gasteiger partial charge in [0.2, 0.25) is 0 Å². The molecule has 0 N–H and O–H groups in total. The predicted molar refractivity (Wildman–Crippen MR) is 121 cm³/mol. The fourth-order valence-corrected chi connectivity index (χ4v) is 6.25. The Bertz CT molecular complexity index is 949. The summed E-state index contributed by atoms with van der Waals surface area (Å²) in [6.45, 7) is 2.08. The molecule has 4 heteroatoms. The van der Waals surface area contributed by atoms with Crippen LogP contribution in [0.15, 0.2) is 48.7 Å². The standard InChI is InChI=1S/C27H31NO3/c1-17-26-24(23-6-4-3-5-19(23)15-25(26)27(29)31-17)14-11-21-10-7-20(16-28-21)18-8-12-22(30-2)13-9-18/h7-14,16-17,19,23-26H,3-6,15H2,1-2H3/b14-11+. The number of allylic oxidation sites excluding steroid dienone is 1. The van der Waals surface area contributed by atoms with Crippen LogP contribution < -0.4 is 4.74 Å². The van der Waals surface area contributed by atoms with Gasteiger partial charge in [0.15, 0.2) is 0 Å². The number of ether oxygens (including phenoxy) is 2. The maximum Gasteiger partial charge on any atom is 0.309 e. The first kappa shape index (κ1) is 20.3. The van der Waals surface area contributed by atoms with E-state index in [-0.39, 0.29) is 18.0 Å². The van der Waals surface area contributed by atoms with Crippen LogP contribution in [0.4, 0.5) is 0 Å². The first-order chi connectivity index (χ1) is 15.1. The van der Waals surface area contributed by atoms with Gasteiger partial charge in [-0.05, 0) is 67.4 Å². The largest absolute Gasteiger partial charge is 0.497 e. The molecule has 2 saturated carbocycles. The molecule has 1 aromatic carbocycles. The number of carbonyl (C=O) groups is 1. The van der Waals surface area contributed by atoms with E-state index in [2.05, 4.69) is 48.3 Å². The van der Waals surface area contributed by atoms with E-state index < -0.39 is 0 Å². The summed E-state index contributed by atoms with van der Waals surface area (Å²) in [4.78, 5) is 17.1. The number of aromatic nitrogens is 1. The van der Waals surface area contributed by atoms with Crippen LogP contribution in [0.25, 0.3) is 17.2 Å². The lowest BCUT2D eigenvalue weighted by atomic mass is 9.57. The number of hydrogen-bond acceptors (Lipinski definition) is 4. The molecule has 162 valence electrons. The topological polar surface area (TPSA) is 48.4 Å². The molecule has 31 heavy (non-hydrogen) atoms. The molecular formula is C27H31NO3. The Morgan fingerprint density at radius 1 is 1.06 bits per heavy atom. The second-order valence-electron chi connectivity index (χ2n) is 9.41. The molecular weight excluding hydrogens is 386 g/mol. The Labute approximate surface area is 184 Å². The lowest BCUT2D eigenvalue weighted by molar-refractivity contribution is -0.144. The molecule has 2 aliphatic carbocycles. The summed E-state index contributed by atoms with van der Waals surface area (Å²) < 4.78 is 10.9. The van der Waals surface area contributed by atoms with E-state index in [0.717, 1.165) is 29.0 Å². The maximum absolute atomic E-state index is 12.5. The molecule has 4 nitrogen and oxygen atoms in total. The van der Waals surface area contributed by atoms with E-state index in [9.17, 15) is 4.79 Å². The molecule has 3 aliphatic rings. The fraction of sp³-hybridized carbons (Fsp3) is 0.481. The SMILES string of the molecule is COc1ccc(-c2ccc(/C=C/C3C4CCCCC4CC4C(=O)OC(C)C43)nc2)cc1. The van der Waals surface area contributed by atoms with E-state index in [1.54, 1.807) is 7.11 Å². The van der Waals surface area contributed by atoms with Crippen molar-refractivity contribution in [1.82, 2.24) is 4.98 Å². The lowest BCUT2D eigenvalue weighted by Crippen LogP contribution is -2.42. The van der Waals surface area contributed by atoms with Gasteiger partial charge in [-0.1, -0.05) is 43.5 Å². The number of rotatable bonds is 4. The van der Waals surface area contributed by atoms with Gasteiger partial charge in [0.1, 0.15) is 11.9 Å². The zero-order chi connectivity index (χ0) is 21.4. The molecule has 5 rings (SSSR count). The highest BCUT2D eigenvalue weighted by Crippen LogP contribution is 2.53. The first-order valence-corrected chi connectivity index (χ1v) is 11.6. The van der Waals surface area contributed by atoms with E-state index in [1.807, 2.05) is 18.3 Å². The monoisotopic (exact) mass is 417 g/mol. The third-order valence-electron chi connectivity index (χ3n) is 7.77. The molecule has 0 radical (unpaired) electrons. The molecule has 3 fully saturated rings. The molecule has 2 aromatic rings. The molecule has 0 spiro atoms. The highest BCUT2D eigenvalue weighted by atomic mass is 16.6. The van der Waals surface area contributed by atoms with Crippen LogP contribution in [0.5, 0.6) is 5.75 Å². The highest BCUT2D eigenvalue weighted by molar-refractivity contribution is 5.75. The van der Waals surface area contributed by atoms with Crippen molar-refractivity contribution >= 4 is 12.0 Å². The minimum absolute atomic E-state index is 0.0143. The molecule has 6 unspecified atom stereocenters. The minimum atomic E-state index is 0.0143. The van der Waals surface area contributed by atoms with Crippen molar-refractivity contribution in [3.63, 3.8) is 0 Å². The molecule has 1 saturated heterocycles. The molecule has 2 heterocycles. The van der Waals surface area contributed by atoms with Crippen molar-refractivity contribution in [3.05, 3.63) is 54.4 Å². The molecule has 0 bridgehead atoms. The van der Waals surface area contributed by atoms with E-state index in [1.165, 1.54) is 25.7 Å². The van der Waals surface area contributed by atoms with Crippen LogP contribution in [-0.2, 0) is 9.53 Å². The zero-order valence-corrected chi connectivity index (χ0v) is 18.4. The normalized spacial score (nSPS) is 32.4. The average molecular weight is 418 g/mol. The van der Waals surface area contributed by atoms with Crippen LogP contribution in [-0.4, -0.2) is 24.2 Å². The average Bonchev–Trinajstić information content (AvgIpc) is 3.10. The number of benzene rings is 1. The Kier molecular flexibility index (Phi) is 5.56. The van der Waals surface area contributed by atoms with Gasteiger partial charge < -0.3 is 9.47 Å². The predicted octanol–water partition coefficient (Wildman–Crippen LogP) is 5.77. The van der Waals surface area contributed by atoms with Crippen LogP contribution in [0, 0.1) is 29.6 Å². The minimum Gasteiger partial charge on any atom is -0.497 e. The summed E-state index contributed by atoms with van der Waals surface area (Å²) >= 11 is 0. The van der Waals surface area contributed by atoms with Crippen LogP contribution in [0.1, 0.15) is 44.7 Å². The van der Waals surface area contributed by atoms with Gasteiger partial charge in [0.05, 0.1) is 18.7 Å². The van der Waals surface area contributed by atoms with Crippen molar-refractivity contribution in [3.8, 4) is 16.9 Å². The summed E-state index contributed by atoms with van der Waals surface area (Å²) in [5.41, 5.74) is 3.18. The fourth-order valence-electron chi connectivity index (χ4n) is 6.25. The number of pyridine rings is 1. The summed E-state index contributed by atoms with van der Waals surface area (Å²) in [6.07, 6.45) is 12.6. The van der Waals surface area contributed by atoms with Crippen LogP contribution in [0.2, 0.25) is 0 Å². The van der Waals surface area contributed by atoms with Crippen molar-refractivity contribution in [1.29, 1.82) is 0 Å². The Hall–Kier alpha value is -2.62. The molecule has 6 atom stereocenters. The highest BCUT2D eigenvalue weighted by Gasteiger charge is 2.53. The van der Waals surface area contributed by atoms with Crippen molar-refractivity contribution in [2.24, 2.45) is 29.6 Å². The second-order valence-corrected chi connectivity index (χ2v) is 9.41. The quantitative estimate of drug-likeness (QED) is 0.592. The summed E-state index contributed by atoms with van der Waals surface area (Å²) in [7, 11) is 1.68. The number of carbonyl (C=O) groups excluding carboxylic acids is 1. The summed E-state index contributed by atoms with van der Waals surface area (Å²) in [5, 5.41) is 0. The zero-order valence-electron chi connectivity index (χ0n) is 18.4. The van der Waals surface area contributed by atoms with Gasteiger partial charge in [-0.25, -0.2) is 0 Å². The van der Waals surface area contributed by atoms with Crippen LogP contribution >= 0.6 is 0 Å². The number of fused-ring (bicyclic) bond motifs is 2. The number of nitrogens with zero attached hydrogens (tertiary/aromatic N) is 1. The Morgan fingerprint density at radius 2 is 1.84 bits per heavy atom. The summed E-state index contributed by atoms with van der Waals surface area (Å²) in [5.74, 6) is 2.99. The number of cyclic esters (lactones) is 1. The summed E-state index contributed by atoms with van der Waals surface area (Å²) in [6, 6.07) is 12.2. The second kappa shape index (κ2) is 8.49. The number of methoxy groups -OCH3 is 1. The van der Waals surface area contributed by atoms with Gasteiger partial charge in [-0.2, -0.15) is 0 Å². The molecule has 0 amide bonds. The lowest BCUT2D eigenvalue weighted by Gasteiger charge is -2.45. The Morgan fingerprint density at radius 3 is 2.58 bits per heavy atom. The van der Waals surface area contributed by atoms with Gasteiger partial charge in [0.25, 0.3) is 0 Å². The smallest absolute Gasteiger partial charge is 0.309 e. The maximum atomic E-state index is 12.5. The van der Waals surface area contributed by atoms with E-state index in [0.29, 0.717) is 23.7 Å². The van der Waals surface area contributed by atoms with Gasteiger partial charge in [0, 0.05) is 17.7 Å². The number of hydrogen-bond donors (Lipinski definition) is 0. The van der Waals surface area contributed by atoms with Crippen molar-refractivity contribution in [2.75, 3.05) is 7.11 Å². The third kappa shape index (κ3) is 3.88. The van der Waals surface area contributed by atoms with Gasteiger partial charge in [-0.3, -0.25) is 9.78 Å². The molecule has 1 aromatic heterocycles.